The molecule has 0 saturated heterocycles. The molecule has 0 saturated carbocycles. The second kappa shape index (κ2) is 10.6. The third kappa shape index (κ3) is 3.83. The second-order valence-corrected chi connectivity index (χ2v) is 13.1. The maximum absolute atomic E-state index is 7.03. The van der Waals surface area contributed by atoms with Crippen LogP contribution in [-0.2, 0) is 5.41 Å². The van der Waals surface area contributed by atoms with Crippen LogP contribution in [0.3, 0.4) is 0 Å². The van der Waals surface area contributed by atoms with Gasteiger partial charge in [-0.3, -0.25) is 0 Å². The molecular weight excluding hydrogens is 625 g/mol. The fourth-order valence-corrected chi connectivity index (χ4v) is 8.45. The summed E-state index contributed by atoms with van der Waals surface area (Å²) in [5.41, 5.74) is 10.1. The Morgan fingerprint density at radius 1 is 0.431 bits per heavy atom. The standard InChI is InChI=1S/C46H28N4O/c1-3-15-29(16-4-1)43-47-44(30-17-5-2-6-18-30)49-45(48-43)33-21-14-25-37-42(33)51-40-28-12-9-23-35(40)46(37)34-22-8-11-27-39(34)50-38-26-10-7-19-31(38)32-20-13-24-36(46)41(32)50/h1-28H. The molecule has 2 aromatic heterocycles. The van der Waals surface area contributed by atoms with Crippen molar-refractivity contribution in [2.75, 3.05) is 0 Å². The molecule has 0 N–H and O–H groups in total. The van der Waals surface area contributed by atoms with Crippen molar-refractivity contribution in [2.45, 2.75) is 5.41 Å². The van der Waals surface area contributed by atoms with Crippen LogP contribution in [-0.4, -0.2) is 19.5 Å². The van der Waals surface area contributed by atoms with E-state index in [0.717, 1.165) is 45.0 Å². The quantitative estimate of drug-likeness (QED) is 0.191. The van der Waals surface area contributed by atoms with Crippen LogP contribution < -0.4 is 4.74 Å². The smallest absolute Gasteiger partial charge is 0.167 e. The Kier molecular flexibility index (Phi) is 5.81. The zero-order valence-electron chi connectivity index (χ0n) is 27.4. The fraction of sp³-hybridized carbons (Fsp3) is 0.0217. The van der Waals surface area contributed by atoms with Crippen LogP contribution in [0.15, 0.2) is 170 Å². The van der Waals surface area contributed by atoms with E-state index in [1.54, 1.807) is 0 Å². The summed E-state index contributed by atoms with van der Waals surface area (Å²) in [5.74, 6) is 3.34. The van der Waals surface area contributed by atoms with Crippen LogP contribution in [0.5, 0.6) is 11.5 Å². The maximum Gasteiger partial charge on any atom is 0.167 e. The summed E-state index contributed by atoms with van der Waals surface area (Å²) in [6, 6.07) is 59.4. The van der Waals surface area contributed by atoms with Crippen molar-refractivity contribution in [3.63, 3.8) is 0 Å². The Labute approximate surface area is 294 Å². The Bertz CT molecular complexity index is 2790. The van der Waals surface area contributed by atoms with Crippen molar-refractivity contribution in [3.05, 3.63) is 192 Å². The summed E-state index contributed by atoms with van der Waals surface area (Å²) in [6.07, 6.45) is 0. The third-order valence-electron chi connectivity index (χ3n) is 10.5. The average Bonchev–Trinajstić information content (AvgIpc) is 3.55. The largest absolute Gasteiger partial charge is 0.456 e. The van der Waals surface area contributed by atoms with Crippen molar-refractivity contribution in [1.29, 1.82) is 0 Å². The highest BCUT2D eigenvalue weighted by molar-refractivity contribution is 6.12. The number of fused-ring (bicyclic) bond motifs is 11. The molecule has 1 spiro atoms. The predicted molar refractivity (Wildman–Crippen MR) is 202 cm³/mol. The van der Waals surface area contributed by atoms with Crippen LogP contribution in [0.4, 0.5) is 0 Å². The summed E-state index contributed by atoms with van der Waals surface area (Å²) in [6.45, 7) is 0. The number of ether oxygens (including phenoxy) is 1. The van der Waals surface area contributed by atoms with Gasteiger partial charge in [-0.05, 0) is 35.4 Å². The number of hydrogen-bond acceptors (Lipinski definition) is 4. The van der Waals surface area contributed by atoms with Crippen LogP contribution in [0.2, 0.25) is 0 Å². The molecule has 5 nitrogen and oxygen atoms in total. The normalized spacial score (nSPS) is 15.3. The molecule has 1 unspecified atom stereocenters. The lowest BCUT2D eigenvalue weighted by Crippen LogP contribution is -2.38. The number of benzene rings is 7. The van der Waals surface area contributed by atoms with Gasteiger partial charge in [0.25, 0.3) is 0 Å². The van der Waals surface area contributed by atoms with E-state index in [1.807, 2.05) is 60.7 Å². The van der Waals surface area contributed by atoms with E-state index in [0.29, 0.717) is 17.5 Å². The summed E-state index contributed by atoms with van der Waals surface area (Å²) in [4.78, 5) is 15.2. The number of para-hydroxylation sites is 5. The number of nitrogens with zero attached hydrogens (tertiary/aromatic N) is 4. The van der Waals surface area contributed by atoms with Crippen LogP contribution in [0.1, 0.15) is 22.3 Å². The SMILES string of the molecule is c1ccc(-c2nc(-c3ccccc3)nc(-c3cccc4c3Oc3ccccc3C43c4ccccc4-n4c5ccccc5c5cccc3c54)n2)cc1. The lowest BCUT2D eigenvalue weighted by atomic mass is 9.61. The molecule has 4 heterocycles. The van der Waals surface area contributed by atoms with Gasteiger partial charge in [-0.15, -0.1) is 0 Å². The molecule has 7 aromatic carbocycles. The highest BCUT2D eigenvalue weighted by Gasteiger charge is 2.50. The van der Waals surface area contributed by atoms with Crippen molar-refractivity contribution in [1.82, 2.24) is 19.5 Å². The first-order valence-electron chi connectivity index (χ1n) is 17.2. The van der Waals surface area contributed by atoms with Gasteiger partial charge in [0.15, 0.2) is 17.5 Å². The summed E-state index contributed by atoms with van der Waals surface area (Å²) in [7, 11) is 0. The number of aromatic nitrogens is 4. The van der Waals surface area contributed by atoms with Gasteiger partial charge in [0.05, 0.1) is 27.7 Å². The molecule has 1 atom stereocenters. The molecule has 9 aromatic rings. The number of hydrogen-bond donors (Lipinski definition) is 0. The van der Waals surface area contributed by atoms with Gasteiger partial charge in [-0.2, -0.15) is 0 Å². The maximum atomic E-state index is 7.03. The topological polar surface area (TPSA) is 52.8 Å². The molecule has 0 fully saturated rings. The van der Waals surface area contributed by atoms with E-state index in [9.17, 15) is 0 Å². The van der Waals surface area contributed by atoms with Gasteiger partial charge in [0.1, 0.15) is 11.5 Å². The van der Waals surface area contributed by atoms with Crippen molar-refractivity contribution >= 4 is 21.8 Å². The van der Waals surface area contributed by atoms with Crippen molar-refractivity contribution < 1.29 is 4.74 Å². The Morgan fingerprint density at radius 3 is 1.78 bits per heavy atom. The van der Waals surface area contributed by atoms with Gasteiger partial charge < -0.3 is 9.30 Å². The van der Waals surface area contributed by atoms with E-state index in [4.69, 9.17) is 19.7 Å². The Hall–Kier alpha value is -6.85. The van der Waals surface area contributed by atoms with E-state index in [-0.39, 0.29) is 0 Å². The van der Waals surface area contributed by atoms with E-state index < -0.39 is 5.41 Å². The van der Waals surface area contributed by atoms with Gasteiger partial charge in [-0.25, -0.2) is 15.0 Å². The van der Waals surface area contributed by atoms with Crippen molar-refractivity contribution in [3.8, 4) is 51.3 Å². The highest BCUT2D eigenvalue weighted by Crippen LogP contribution is 2.61. The van der Waals surface area contributed by atoms with Crippen molar-refractivity contribution in [2.24, 2.45) is 0 Å². The number of rotatable bonds is 3. The van der Waals surface area contributed by atoms with Crippen LogP contribution >= 0.6 is 0 Å². The lowest BCUT2D eigenvalue weighted by molar-refractivity contribution is 0.435. The molecule has 0 bridgehead atoms. The van der Waals surface area contributed by atoms with Gasteiger partial charge in [-0.1, -0.05) is 146 Å². The monoisotopic (exact) mass is 652 g/mol. The molecule has 2 aliphatic rings. The molecule has 2 aliphatic heterocycles. The average molecular weight is 653 g/mol. The molecule has 0 radical (unpaired) electrons. The minimum atomic E-state index is -0.682. The predicted octanol–water partition coefficient (Wildman–Crippen LogP) is 10.8. The second-order valence-electron chi connectivity index (χ2n) is 13.1. The van der Waals surface area contributed by atoms with Gasteiger partial charge in [0.2, 0.25) is 0 Å². The molecule has 11 rings (SSSR count). The van der Waals surface area contributed by atoms with E-state index in [1.165, 1.54) is 32.9 Å². The van der Waals surface area contributed by atoms with Crippen LogP contribution in [0, 0.1) is 0 Å². The minimum absolute atomic E-state index is 0.561. The summed E-state index contributed by atoms with van der Waals surface area (Å²) >= 11 is 0. The highest BCUT2D eigenvalue weighted by atomic mass is 16.5. The zero-order chi connectivity index (χ0) is 33.5. The summed E-state index contributed by atoms with van der Waals surface area (Å²) < 4.78 is 9.48. The molecule has 51 heavy (non-hydrogen) atoms. The first-order chi connectivity index (χ1) is 25.3. The third-order valence-corrected chi connectivity index (χ3v) is 10.5. The first kappa shape index (κ1) is 28.0. The van der Waals surface area contributed by atoms with Gasteiger partial charge in [0, 0.05) is 33.0 Å². The van der Waals surface area contributed by atoms with E-state index >= 15 is 0 Å². The molecule has 238 valence electrons. The van der Waals surface area contributed by atoms with Gasteiger partial charge >= 0.3 is 0 Å². The molecular formula is C46H28N4O. The zero-order valence-corrected chi connectivity index (χ0v) is 27.4. The Balaban J connectivity index is 1.26. The van der Waals surface area contributed by atoms with E-state index in [2.05, 4.69) is 114 Å². The fourth-order valence-electron chi connectivity index (χ4n) is 8.45. The minimum Gasteiger partial charge on any atom is -0.456 e. The molecule has 0 aliphatic carbocycles. The first-order valence-corrected chi connectivity index (χ1v) is 17.2. The Morgan fingerprint density at radius 2 is 1.00 bits per heavy atom. The summed E-state index contributed by atoms with van der Waals surface area (Å²) in [5, 5.41) is 2.47. The molecule has 0 amide bonds. The molecule has 5 heteroatoms. The van der Waals surface area contributed by atoms with Crippen LogP contribution in [0.25, 0.3) is 61.7 Å². The lowest BCUT2D eigenvalue weighted by Gasteiger charge is -2.45.